The van der Waals surface area contributed by atoms with E-state index in [1.165, 1.54) is 0 Å². The number of nitrogens with one attached hydrogen (secondary N) is 1. The maximum atomic E-state index is 6.14. The number of nitrogens with zero attached hydrogens (tertiary/aromatic N) is 1. The molecular formula is C21H18BrClN2O. The van der Waals surface area contributed by atoms with Crippen LogP contribution in [0.4, 0.5) is 0 Å². The molecule has 0 bridgehead atoms. The molecule has 0 aliphatic heterocycles. The molecule has 0 saturated carbocycles. The highest BCUT2D eigenvalue weighted by molar-refractivity contribution is 9.10. The van der Waals surface area contributed by atoms with Gasteiger partial charge < -0.3 is 10.2 Å². The lowest BCUT2D eigenvalue weighted by Crippen LogP contribution is -2.06. The smallest absolute Gasteiger partial charge is 0.128 e. The van der Waals surface area contributed by atoms with Crippen LogP contribution < -0.4 is 10.2 Å². The van der Waals surface area contributed by atoms with Gasteiger partial charge in [0.1, 0.15) is 12.4 Å². The molecule has 0 fully saturated rings. The predicted octanol–water partition coefficient (Wildman–Crippen LogP) is 5.81. The third kappa shape index (κ3) is 5.35. The summed E-state index contributed by atoms with van der Waals surface area (Å²) in [6.45, 7) is 1.07. The maximum Gasteiger partial charge on any atom is 0.128 e. The molecule has 0 unspecified atom stereocenters. The van der Waals surface area contributed by atoms with Crippen molar-refractivity contribution < 1.29 is 4.74 Å². The predicted molar refractivity (Wildman–Crippen MR) is 111 cm³/mol. The number of halogens is 2. The topological polar surface area (TPSA) is 33.6 Å². The van der Waals surface area contributed by atoms with Crippen LogP contribution in [0.25, 0.3) is 0 Å². The van der Waals surface area contributed by atoms with E-state index in [2.05, 4.69) is 26.5 Å². The van der Waals surface area contributed by atoms with Crippen LogP contribution in [0, 0.1) is 0 Å². The second kappa shape index (κ2) is 9.41. The van der Waals surface area contributed by atoms with Gasteiger partial charge in [-0.3, -0.25) is 0 Å². The normalized spacial score (nSPS) is 10.8. The fourth-order valence-corrected chi connectivity index (χ4v) is 2.81. The third-order valence-corrected chi connectivity index (χ3v) is 4.65. The van der Waals surface area contributed by atoms with E-state index in [1.54, 1.807) is 6.21 Å². The van der Waals surface area contributed by atoms with E-state index in [9.17, 15) is 0 Å². The van der Waals surface area contributed by atoms with Crippen molar-refractivity contribution in [3.8, 4) is 5.75 Å². The molecule has 0 saturated heterocycles. The Kier molecular flexibility index (Phi) is 6.69. The van der Waals surface area contributed by atoms with Gasteiger partial charge in [0.05, 0.1) is 12.8 Å². The monoisotopic (exact) mass is 428 g/mol. The van der Waals surface area contributed by atoms with Gasteiger partial charge >= 0.3 is 0 Å². The second-order valence-electron chi connectivity index (χ2n) is 5.64. The average molecular weight is 430 g/mol. The van der Waals surface area contributed by atoms with Gasteiger partial charge in [-0.05, 0) is 41.5 Å². The molecule has 0 aromatic heterocycles. The van der Waals surface area contributed by atoms with Crippen LogP contribution in [0.2, 0.25) is 5.02 Å². The Morgan fingerprint density at radius 1 is 0.962 bits per heavy atom. The molecule has 0 amide bonds. The molecule has 0 radical (unpaired) electrons. The highest BCUT2D eigenvalue weighted by atomic mass is 79.9. The van der Waals surface area contributed by atoms with Crippen LogP contribution in [0.3, 0.4) is 0 Å². The molecule has 0 spiro atoms. The van der Waals surface area contributed by atoms with Crippen molar-refractivity contribution in [3.63, 3.8) is 0 Å². The molecular weight excluding hydrogens is 412 g/mol. The minimum absolute atomic E-state index is 0.505. The highest BCUT2D eigenvalue weighted by Crippen LogP contribution is 2.19. The third-order valence-electron chi connectivity index (χ3n) is 3.75. The first-order valence-electron chi connectivity index (χ1n) is 8.18. The van der Waals surface area contributed by atoms with Gasteiger partial charge in [0.15, 0.2) is 0 Å². The Morgan fingerprint density at radius 3 is 2.50 bits per heavy atom. The molecule has 1 N–H and O–H groups in total. The van der Waals surface area contributed by atoms with Gasteiger partial charge in [-0.15, -0.1) is 0 Å². The SMILES string of the molecule is Clc1ccccc1CN/N=C\c1ccccc1OCc1ccc(Br)cc1. The zero-order valence-electron chi connectivity index (χ0n) is 14.0. The van der Waals surface area contributed by atoms with E-state index >= 15 is 0 Å². The van der Waals surface area contributed by atoms with Crippen molar-refractivity contribution in [2.75, 3.05) is 0 Å². The summed E-state index contributed by atoms with van der Waals surface area (Å²) < 4.78 is 7.00. The minimum atomic E-state index is 0.505. The first-order chi connectivity index (χ1) is 12.7. The molecule has 132 valence electrons. The molecule has 5 heteroatoms. The number of rotatable bonds is 7. The number of hydrogen-bond acceptors (Lipinski definition) is 3. The molecule has 0 aliphatic carbocycles. The van der Waals surface area contributed by atoms with Gasteiger partial charge in [0, 0.05) is 15.1 Å². The van der Waals surface area contributed by atoms with Crippen LogP contribution in [0.5, 0.6) is 5.75 Å². The molecule has 0 heterocycles. The van der Waals surface area contributed by atoms with E-state index in [0.29, 0.717) is 13.2 Å². The summed E-state index contributed by atoms with van der Waals surface area (Å²) in [5.74, 6) is 0.790. The van der Waals surface area contributed by atoms with Crippen molar-refractivity contribution in [3.05, 3.63) is 99.0 Å². The summed E-state index contributed by atoms with van der Waals surface area (Å²) in [5.41, 5.74) is 6.05. The summed E-state index contributed by atoms with van der Waals surface area (Å²) in [5, 5.41) is 5.02. The van der Waals surface area contributed by atoms with E-state index in [4.69, 9.17) is 16.3 Å². The van der Waals surface area contributed by atoms with Crippen molar-refractivity contribution in [2.45, 2.75) is 13.2 Å². The Hall–Kier alpha value is -2.30. The van der Waals surface area contributed by atoms with Crippen LogP contribution in [-0.2, 0) is 13.2 Å². The summed E-state index contributed by atoms with van der Waals surface area (Å²) in [4.78, 5) is 0. The van der Waals surface area contributed by atoms with Gasteiger partial charge in [-0.1, -0.05) is 70.0 Å². The van der Waals surface area contributed by atoms with Crippen LogP contribution in [0.1, 0.15) is 16.7 Å². The number of hydrazone groups is 1. The lowest BCUT2D eigenvalue weighted by atomic mass is 10.2. The molecule has 0 aliphatic rings. The molecule has 3 aromatic rings. The lowest BCUT2D eigenvalue weighted by molar-refractivity contribution is 0.306. The van der Waals surface area contributed by atoms with Crippen molar-refractivity contribution in [1.82, 2.24) is 5.43 Å². The van der Waals surface area contributed by atoms with E-state index < -0.39 is 0 Å². The molecule has 3 aromatic carbocycles. The van der Waals surface area contributed by atoms with Crippen LogP contribution in [0.15, 0.2) is 82.4 Å². The molecule has 3 rings (SSSR count). The largest absolute Gasteiger partial charge is 0.488 e. The van der Waals surface area contributed by atoms with Gasteiger partial charge in [0.25, 0.3) is 0 Å². The Morgan fingerprint density at radius 2 is 1.69 bits per heavy atom. The first kappa shape index (κ1) is 18.5. The van der Waals surface area contributed by atoms with Gasteiger partial charge in [-0.25, -0.2) is 0 Å². The zero-order valence-corrected chi connectivity index (χ0v) is 16.4. The zero-order chi connectivity index (χ0) is 18.2. The summed E-state index contributed by atoms with van der Waals surface area (Å²) in [7, 11) is 0. The number of para-hydroxylation sites is 1. The highest BCUT2D eigenvalue weighted by Gasteiger charge is 2.02. The van der Waals surface area contributed by atoms with Gasteiger partial charge in [-0.2, -0.15) is 5.10 Å². The molecule has 26 heavy (non-hydrogen) atoms. The van der Waals surface area contributed by atoms with Crippen molar-refractivity contribution >= 4 is 33.7 Å². The fourth-order valence-electron chi connectivity index (χ4n) is 2.35. The molecule has 0 atom stereocenters. The summed E-state index contributed by atoms with van der Waals surface area (Å²) in [6, 6.07) is 23.6. The van der Waals surface area contributed by atoms with Gasteiger partial charge in [0.2, 0.25) is 0 Å². The maximum absolute atomic E-state index is 6.14. The van der Waals surface area contributed by atoms with E-state index in [1.807, 2.05) is 72.8 Å². The summed E-state index contributed by atoms with van der Waals surface area (Å²) in [6.07, 6.45) is 1.76. The first-order valence-corrected chi connectivity index (χ1v) is 9.35. The minimum Gasteiger partial charge on any atom is -0.488 e. The summed E-state index contributed by atoms with van der Waals surface area (Å²) >= 11 is 9.58. The average Bonchev–Trinajstić information content (AvgIpc) is 2.67. The lowest BCUT2D eigenvalue weighted by Gasteiger charge is -2.09. The van der Waals surface area contributed by atoms with Crippen molar-refractivity contribution in [2.24, 2.45) is 5.10 Å². The number of ether oxygens (including phenoxy) is 1. The van der Waals surface area contributed by atoms with E-state index in [0.717, 1.165) is 31.9 Å². The number of hydrogen-bond donors (Lipinski definition) is 1. The second-order valence-corrected chi connectivity index (χ2v) is 6.96. The van der Waals surface area contributed by atoms with Crippen molar-refractivity contribution in [1.29, 1.82) is 0 Å². The van der Waals surface area contributed by atoms with E-state index in [-0.39, 0.29) is 0 Å². The van der Waals surface area contributed by atoms with Crippen LogP contribution >= 0.6 is 27.5 Å². The standard InChI is InChI=1S/C21H18BrClN2O/c22-19-11-9-16(10-12-19)15-26-21-8-4-2-6-18(21)14-25-24-13-17-5-1-3-7-20(17)23/h1-12,14,24H,13,15H2/b25-14-. The Balaban J connectivity index is 1.59. The van der Waals surface area contributed by atoms with Crippen LogP contribution in [-0.4, -0.2) is 6.21 Å². The number of benzene rings is 3. The Bertz CT molecular complexity index is 881. The quantitative estimate of drug-likeness (QED) is 0.380. The Labute approximate surface area is 166 Å². The fraction of sp³-hybridized carbons (Fsp3) is 0.0952. The molecule has 3 nitrogen and oxygen atoms in total.